The molecular weight excluding hydrogens is 392 g/mol. The summed E-state index contributed by atoms with van der Waals surface area (Å²) in [6, 6.07) is 19.6. The highest BCUT2D eigenvalue weighted by Crippen LogP contribution is 2.18. The van der Waals surface area contributed by atoms with Crippen molar-refractivity contribution in [1.82, 2.24) is 15.3 Å². The van der Waals surface area contributed by atoms with E-state index >= 15 is 0 Å². The molecule has 2 N–H and O–H groups in total. The molecule has 0 saturated heterocycles. The number of ether oxygens (including phenoxy) is 1. The Bertz CT molecular complexity index is 1190. The van der Waals surface area contributed by atoms with Gasteiger partial charge < -0.3 is 15.4 Å². The molecule has 0 aliphatic carbocycles. The number of hydrogen-bond donors (Lipinski definition) is 2. The van der Waals surface area contributed by atoms with E-state index in [0.717, 1.165) is 16.5 Å². The van der Waals surface area contributed by atoms with Crippen molar-refractivity contribution in [3.05, 3.63) is 96.6 Å². The van der Waals surface area contributed by atoms with Gasteiger partial charge in [-0.2, -0.15) is 0 Å². The summed E-state index contributed by atoms with van der Waals surface area (Å²) in [4.78, 5) is 32.7. The monoisotopic (exact) mass is 412 g/mol. The fraction of sp³-hybridized carbons (Fsp3) is 0.0833. The van der Waals surface area contributed by atoms with Gasteiger partial charge in [-0.05, 0) is 60.0 Å². The molecule has 2 aromatic carbocycles. The SMILES string of the molecule is O=C(COc1ccc(C(=O)NCc2ccccn2)cc1)Nc1ccc2cnccc2c1. The molecule has 0 atom stereocenters. The third kappa shape index (κ3) is 5.42. The van der Waals surface area contributed by atoms with Crippen LogP contribution in [0.5, 0.6) is 5.75 Å². The topological polar surface area (TPSA) is 93.2 Å². The van der Waals surface area contributed by atoms with E-state index in [9.17, 15) is 9.59 Å². The van der Waals surface area contributed by atoms with E-state index in [1.807, 2.05) is 42.5 Å². The second-order valence-corrected chi connectivity index (χ2v) is 6.80. The van der Waals surface area contributed by atoms with E-state index < -0.39 is 0 Å². The maximum atomic E-state index is 12.2. The van der Waals surface area contributed by atoms with Crippen LogP contribution in [0.25, 0.3) is 10.8 Å². The summed E-state index contributed by atoms with van der Waals surface area (Å²) in [5.41, 5.74) is 1.97. The van der Waals surface area contributed by atoms with Crippen LogP contribution in [0.2, 0.25) is 0 Å². The molecule has 0 fully saturated rings. The van der Waals surface area contributed by atoms with Gasteiger partial charge in [-0.15, -0.1) is 0 Å². The minimum Gasteiger partial charge on any atom is -0.484 e. The fourth-order valence-corrected chi connectivity index (χ4v) is 2.99. The van der Waals surface area contributed by atoms with Crippen LogP contribution in [0.3, 0.4) is 0 Å². The quantitative estimate of drug-likeness (QED) is 0.484. The Labute approximate surface area is 179 Å². The first-order chi connectivity index (χ1) is 15.2. The molecule has 0 aliphatic heterocycles. The minimum absolute atomic E-state index is 0.139. The summed E-state index contributed by atoms with van der Waals surface area (Å²) < 4.78 is 5.53. The number of aromatic nitrogens is 2. The number of benzene rings is 2. The van der Waals surface area contributed by atoms with Gasteiger partial charge in [0.15, 0.2) is 6.61 Å². The van der Waals surface area contributed by atoms with Crippen LogP contribution in [0.1, 0.15) is 16.1 Å². The molecular formula is C24H20N4O3. The number of rotatable bonds is 7. The van der Waals surface area contributed by atoms with Gasteiger partial charge in [0, 0.05) is 35.2 Å². The van der Waals surface area contributed by atoms with Crippen LogP contribution in [0.15, 0.2) is 85.3 Å². The standard InChI is InChI=1S/C24H20N4O3/c29-23(28-20-7-4-19-14-25-12-10-18(19)13-20)16-31-22-8-5-17(6-9-22)24(30)27-15-21-3-1-2-11-26-21/h1-14H,15-16H2,(H,27,30)(H,28,29). The first-order valence-corrected chi connectivity index (χ1v) is 9.72. The number of anilines is 1. The molecule has 7 nitrogen and oxygen atoms in total. The highest BCUT2D eigenvalue weighted by atomic mass is 16.5. The van der Waals surface area contributed by atoms with E-state index in [4.69, 9.17) is 4.74 Å². The average molecular weight is 412 g/mol. The average Bonchev–Trinajstić information content (AvgIpc) is 2.82. The number of carbonyl (C=O) groups excluding carboxylic acids is 2. The molecule has 4 aromatic rings. The summed E-state index contributed by atoms with van der Waals surface area (Å²) in [7, 11) is 0. The van der Waals surface area contributed by atoms with Crippen molar-refractivity contribution in [2.24, 2.45) is 0 Å². The maximum absolute atomic E-state index is 12.2. The number of nitrogens with one attached hydrogen (secondary N) is 2. The van der Waals surface area contributed by atoms with Gasteiger partial charge in [0.2, 0.25) is 0 Å². The zero-order chi connectivity index (χ0) is 21.5. The molecule has 0 unspecified atom stereocenters. The molecule has 2 heterocycles. The number of hydrogen-bond acceptors (Lipinski definition) is 5. The van der Waals surface area contributed by atoms with Crippen LogP contribution in [-0.2, 0) is 11.3 Å². The summed E-state index contributed by atoms with van der Waals surface area (Å²) >= 11 is 0. The molecule has 0 saturated carbocycles. The predicted octanol–water partition coefficient (Wildman–Crippen LogP) is 3.58. The van der Waals surface area contributed by atoms with Crippen molar-refractivity contribution < 1.29 is 14.3 Å². The molecule has 0 bridgehead atoms. The van der Waals surface area contributed by atoms with Crippen LogP contribution < -0.4 is 15.4 Å². The van der Waals surface area contributed by atoms with E-state index in [1.165, 1.54) is 0 Å². The summed E-state index contributed by atoms with van der Waals surface area (Å²) in [5.74, 6) is 0.0213. The van der Waals surface area contributed by atoms with Crippen molar-refractivity contribution >= 4 is 28.3 Å². The lowest BCUT2D eigenvalue weighted by Crippen LogP contribution is -2.23. The van der Waals surface area contributed by atoms with Crippen molar-refractivity contribution in [2.75, 3.05) is 11.9 Å². The predicted molar refractivity (Wildman–Crippen MR) is 118 cm³/mol. The minimum atomic E-state index is -0.273. The normalized spacial score (nSPS) is 10.5. The van der Waals surface area contributed by atoms with Crippen molar-refractivity contribution in [3.8, 4) is 5.75 Å². The lowest BCUT2D eigenvalue weighted by Gasteiger charge is -2.09. The van der Waals surface area contributed by atoms with Gasteiger partial charge in [0.25, 0.3) is 11.8 Å². The summed E-state index contributed by atoms with van der Waals surface area (Å²) in [6.07, 6.45) is 5.16. The lowest BCUT2D eigenvalue weighted by atomic mass is 10.1. The van der Waals surface area contributed by atoms with E-state index in [-0.39, 0.29) is 18.4 Å². The first-order valence-electron chi connectivity index (χ1n) is 9.72. The number of amides is 2. The molecule has 2 amide bonds. The fourth-order valence-electron chi connectivity index (χ4n) is 2.99. The second-order valence-electron chi connectivity index (χ2n) is 6.80. The Morgan fingerprint density at radius 3 is 2.58 bits per heavy atom. The van der Waals surface area contributed by atoms with Crippen LogP contribution in [-0.4, -0.2) is 28.4 Å². The number of pyridine rings is 2. The zero-order valence-corrected chi connectivity index (χ0v) is 16.6. The van der Waals surface area contributed by atoms with E-state index in [1.54, 1.807) is 42.9 Å². The molecule has 7 heteroatoms. The van der Waals surface area contributed by atoms with Gasteiger partial charge >= 0.3 is 0 Å². The Balaban J connectivity index is 1.27. The van der Waals surface area contributed by atoms with Crippen molar-refractivity contribution in [3.63, 3.8) is 0 Å². The Morgan fingerprint density at radius 2 is 1.77 bits per heavy atom. The summed E-state index contributed by atoms with van der Waals surface area (Å²) in [5, 5.41) is 7.62. The molecule has 0 spiro atoms. The Morgan fingerprint density at radius 1 is 0.903 bits per heavy atom. The molecule has 154 valence electrons. The molecule has 0 aliphatic rings. The van der Waals surface area contributed by atoms with Crippen molar-refractivity contribution in [1.29, 1.82) is 0 Å². The lowest BCUT2D eigenvalue weighted by molar-refractivity contribution is -0.118. The largest absolute Gasteiger partial charge is 0.484 e. The number of nitrogens with zero attached hydrogens (tertiary/aromatic N) is 2. The van der Waals surface area contributed by atoms with Gasteiger partial charge in [0.1, 0.15) is 5.75 Å². The highest BCUT2D eigenvalue weighted by molar-refractivity contribution is 5.95. The maximum Gasteiger partial charge on any atom is 0.262 e. The van der Waals surface area contributed by atoms with Crippen LogP contribution in [0.4, 0.5) is 5.69 Å². The van der Waals surface area contributed by atoms with Gasteiger partial charge in [-0.3, -0.25) is 19.6 Å². The second kappa shape index (κ2) is 9.49. The van der Waals surface area contributed by atoms with Crippen LogP contribution in [0, 0.1) is 0 Å². The highest BCUT2D eigenvalue weighted by Gasteiger charge is 2.08. The molecule has 31 heavy (non-hydrogen) atoms. The smallest absolute Gasteiger partial charge is 0.262 e. The van der Waals surface area contributed by atoms with Gasteiger partial charge in [-0.1, -0.05) is 12.1 Å². The number of fused-ring (bicyclic) bond motifs is 1. The van der Waals surface area contributed by atoms with Crippen molar-refractivity contribution in [2.45, 2.75) is 6.54 Å². The first kappa shape index (κ1) is 20.0. The molecule has 2 aromatic heterocycles. The number of carbonyl (C=O) groups is 2. The third-order valence-electron chi connectivity index (χ3n) is 4.57. The van der Waals surface area contributed by atoms with Gasteiger partial charge in [-0.25, -0.2) is 0 Å². The zero-order valence-electron chi connectivity index (χ0n) is 16.6. The van der Waals surface area contributed by atoms with E-state index in [0.29, 0.717) is 23.5 Å². The third-order valence-corrected chi connectivity index (χ3v) is 4.57. The van der Waals surface area contributed by atoms with E-state index in [2.05, 4.69) is 20.6 Å². The molecule has 0 radical (unpaired) electrons. The molecule has 4 rings (SSSR count). The van der Waals surface area contributed by atoms with Crippen LogP contribution >= 0.6 is 0 Å². The Hall–Kier alpha value is -4.26. The Kier molecular flexibility index (Phi) is 6.13. The van der Waals surface area contributed by atoms with Gasteiger partial charge in [0.05, 0.1) is 12.2 Å². The summed E-state index contributed by atoms with van der Waals surface area (Å²) in [6.45, 7) is 0.211.